The predicted molar refractivity (Wildman–Crippen MR) is 180 cm³/mol. The first kappa shape index (κ1) is 24.3. The first-order valence-corrected chi connectivity index (χ1v) is 14.9. The monoisotopic (exact) mass is 548 g/mol. The molecule has 0 aliphatic heterocycles. The summed E-state index contributed by atoms with van der Waals surface area (Å²) in [5.41, 5.74) is 11.7. The number of pyridine rings is 2. The molecule has 9 rings (SSSR count). The van der Waals surface area contributed by atoms with Gasteiger partial charge in [0.25, 0.3) is 0 Å². The molecule has 2 nitrogen and oxygen atoms in total. The van der Waals surface area contributed by atoms with Crippen molar-refractivity contribution in [1.82, 2.24) is 9.97 Å². The summed E-state index contributed by atoms with van der Waals surface area (Å²) in [5, 5.41) is 7.31. The van der Waals surface area contributed by atoms with Crippen molar-refractivity contribution in [2.75, 3.05) is 0 Å². The van der Waals surface area contributed by atoms with Gasteiger partial charge < -0.3 is 0 Å². The zero-order valence-electron chi connectivity index (χ0n) is 24.1. The molecule has 1 aliphatic carbocycles. The molecule has 0 unspecified atom stereocenters. The number of hydrogen-bond acceptors (Lipinski definition) is 2. The zero-order chi connectivity index (χ0) is 28.7. The zero-order valence-corrected chi connectivity index (χ0v) is 24.1. The largest absolute Gasteiger partial charge is 0.256 e. The van der Waals surface area contributed by atoms with Gasteiger partial charge in [-0.2, -0.15) is 0 Å². The first-order valence-electron chi connectivity index (χ1n) is 14.9. The third kappa shape index (κ3) is 3.35. The maximum Gasteiger partial charge on any atom is 0.0780 e. The summed E-state index contributed by atoms with van der Waals surface area (Å²) in [7, 11) is 0. The Bertz CT molecular complexity index is 2430. The number of nitrogens with zero attached hydrogens (tertiary/aromatic N) is 2. The summed E-state index contributed by atoms with van der Waals surface area (Å²) in [6, 6.07) is 46.1. The fourth-order valence-electron chi connectivity index (χ4n) is 7.55. The van der Waals surface area contributed by atoms with Crippen LogP contribution in [0.3, 0.4) is 0 Å². The molecule has 2 aromatic heterocycles. The topological polar surface area (TPSA) is 25.8 Å². The second-order valence-electron chi connectivity index (χ2n) is 12.1. The molecular weight excluding hydrogens is 520 g/mol. The van der Waals surface area contributed by atoms with Crippen molar-refractivity contribution in [2.45, 2.75) is 19.3 Å². The van der Waals surface area contributed by atoms with Crippen molar-refractivity contribution in [3.05, 3.63) is 145 Å². The molecule has 0 radical (unpaired) electrons. The van der Waals surface area contributed by atoms with Gasteiger partial charge in [-0.25, -0.2) is 4.98 Å². The number of hydrogen-bond donors (Lipinski definition) is 0. The Kier molecular flexibility index (Phi) is 4.99. The van der Waals surface area contributed by atoms with Gasteiger partial charge in [-0.3, -0.25) is 4.98 Å². The van der Waals surface area contributed by atoms with Gasteiger partial charge in [0.15, 0.2) is 0 Å². The average molecular weight is 549 g/mol. The van der Waals surface area contributed by atoms with E-state index in [1.54, 1.807) is 0 Å². The minimum atomic E-state index is -0.210. The molecule has 0 amide bonds. The van der Waals surface area contributed by atoms with E-state index in [4.69, 9.17) is 9.97 Å². The van der Waals surface area contributed by atoms with Crippen LogP contribution in [0.25, 0.3) is 76.9 Å². The lowest BCUT2D eigenvalue weighted by Crippen LogP contribution is -2.17. The van der Waals surface area contributed by atoms with Crippen LogP contribution in [0.15, 0.2) is 134 Å². The summed E-state index contributed by atoms with van der Waals surface area (Å²) < 4.78 is 0. The minimum absolute atomic E-state index is 0.210. The fourth-order valence-corrected chi connectivity index (χ4v) is 7.55. The fraction of sp³-hybridized carbons (Fsp3) is 0.0732. The minimum Gasteiger partial charge on any atom is -0.256 e. The van der Waals surface area contributed by atoms with E-state index >= 15 is 0 Å². The van der Waals surface area contributed by atoms with Crippen molar-refractivity contribution in [3.63, 3.8) is 0 Å². The molecule has 0 spiro atoms. The van der Waals surface area contributed by atoms with Gasteiger partial charge in [-0.05, 0) is 61.5 Å². The molecule has 0 saturated heterocycles. The number of aromatic nitrogens is 2. The second kappa shape index (κ2) is 8.83. The Balaban J connectivity index is 1.45. The highest BCUT2D eigenvalue weighted by atomic mass is 14.7. The summed E-state index contributed by atoms with van der Waals surface area (Å²) in [5.74, 6) is 0. The lowest BCUT2D eigenvalue weighted by atomic mass is 9.77. The number of fused-ring (bicyclic) bond motifs is 8. The van der Waals surface area contributed by atoms with Crippen LogP contribution < -0.4 is 0 Å². The van der Waals surface area contributed by atoms with Gasteiger partial charge >= 0.3 is 0 Å². The molecule has 0 saturated carbocycles. The summed E-state index contributed by atoms with van der Waals surface area (Å²) in [6.45, 7) is 4.72. The van der Waals surface area contributed by atoms with Crippen molar-refractivity contribution >= 4 is 43.4 Å². The molecule has 6 aromatic carbocycles. The van der Waals surface area contributed by atoms with E-state index in [2.05, 4.69) is 135 Å². The average Bonchev–Trinajstić information content (AvgIpc) is 3.29. The lowest BCUT2D eigenvalue weighted by molar-refractivity contribution is 0.662. The van der Waals surface area contributed by atoms with Crippen LogP contribution >= 0.6 is 0 Å². The maximum absolute atomic E-state index is 5.40. The standard InChI is InChI=1S/C41H28N2/c1-41(2)34-19-8-7-17-33(34)40-38(41)37(36-27-14-4-3-11-25(27)20-23-35(36)43-40)31-22-21-30(28-15-5-6-16-29(28)31)32-18-9-12-26-13-10-24-42-39(26)32/h3-24H,1-2H3. The van der Waals surface area contributed by atoms with Crippen LogP contribution in [0.4, 0.5) is 0 Å². The molecule has 8 aromatic rings. The Morgan fingerprint density at radius 1 is 0.512 bits per heavy atom. The van der Waals surface area contributed by atoms with Crippen molar-refractivity contribution in [3.8, 4) is 33.5 Å². The van der Waals surface area contributed by atoms with Gasteiger partial charge in [0.2, 0.25) is 0 Å². The first-order chi connectivity index (χ1) is 21.1. The van der Waals surface area contributed by atoms with Crippen LogP contribution in [0.1, 0.15) is 25.0 Å². The van der Waals surface area contributed by atoms with Gasteiger partial charge in [0.1, 0.15) is 0 Å². The molecule has 1 aliphatic rings. The Labute approximate surface area is 250 Å². The van der Waals surface area contributed by atoms with Gasteiger partial charge in [0, 0.05) is 33.5 Å². The third-order valence-electron chi connectivity index (χ3n) is 9.47. The Morgan fingerprint density at radius 3 is 2.07 bits per heavy atom. The van der Waals surface area contributed by atoms with Crippen LogP contribution in [-0.4, -0.2) is 9.97 Å². The van der Waals surface area contributed by atoms with Crippen molar-refractivity contribution < 1.29 is 0 Å². The normalized spacial score (nSPS) is 13.5. The third-order valence-corrected chi connectivity index (χ3v) is 9.47. The lowest BCUT2D eigenvalue weighted by Gasteiger charge is -2.26. The van der Waals surface area contributed by atoms with E-state index in [1.165, 1.54) is 60.3 Å². The SMILES string of the molecule is CC1(C)c2ccccc2-c2nc3ccc4ccccc4c3c(-c3ccc(-c4cccc5cccnc45)c4ccccc34)c21. The molecule has 43 heavy (non-hydrogen) atoms. The highest BCUT2D eigenvalue weighted by Crippen LogP contribution is 2.55. The van der Waals surface area contributed by atoms with Gasteiger partial charge in [-0.1, -0.05) is 129 Å². The van der Waals surface area contributed by atoms with E-state index in [0.717, 1.165) is 27.7 Å². The van der Waals surface area contributed by atoms with Crippen molar-refractivity contribution in [2.24, 2.45) is 0 Å². The molecule has 0 atom stereocenters. The Hall–Kier alpha value is -5.34. The van der Waals surface area contributed by atoms with E-state index in [-0.39, 0.29) is 5.41 Å². The molecule has 2 heteroatoms. The van der Waals surface area contributed by atoms with Crippen LogP contribution in [0.5, 0.6) is 0 Å². The summed E-state index contributed by atoms with van der Waals surface area (Å²) in [4.78, 5) is 10.2. The van der Waals surface area contributed by atoms with Crippen LogP contribution in [0, 0.1) is 0 Å². The molecule has 0 bridgehead atoms. The molecule has 202 valence electrons. The summed E-state index contributed by atoms with van der Waals surface area (Å²) in [6.07, 6.45) is 1.89. The molecule has 0 fully saturated rings. The quantitative estimate of drug-likeness (QED) is 0.201. The Morgan fingerprint density at radius 2 is 1.19 bits per heavy atom. The van der Waals surface area contributed by atoms with Gasteiger partial charge in [-0.15, -0.1) is 0 Å². The summed E-state index contributed by atoms with van der Waals surface area (Å²) >= 11 is 0. The second-order valence-corrected chi connectivity index (χ2v) is 12.1. The highest BCUT2D eigenvalue weighted by molar-refractivity contribution is 6.19. The number of benzene rings is 6. The van der Waals surface area contributed by atoms with E-state index in [1.807, 2.05) is 12.3 Å². The molecular formula is C41H28N2. The van der Waals surface area contributed by atoms with Gasteiger partial charge in [0.05, 0.1) is 16.7 Å². The maximum atomic E-state index is 5.40. The molecule has 2 heterocycles. The van der Waals surface area contributed by atoms with E-state index in [0.29, 0.717) is 0 Å². The van der Waals surface area contributed by atoms with Crippen molar-refractivity contribution in [1.29, 1.82) is 0 Å². The van der Waals surface area contributed by atoms with Crippen LogP contribution in [0.2, 0.25) is 0 Å². The van der Waals surface area contributed by atoms with E-state index in [9.17, 15) is 0 Å². The van der Waals surface area contributed by atoms with E-state index < -0.39 is 0 Å². The number of para-hydroxylation sites is 1. The highest BCUT2D eigenvalue weighted by Gasteiger charge is 2.40. The van der Waals surface area contributed by atoms with Crippen LogP contribution in [-0.2, 0) is 5.41 Å². The number of rotatable bonds is 2. The predicted octanol–water partition coefficient (Wildman–Crippen LogP) is 10.7. The molecule has 0 N–H and O–H groups in total. The smallest absolute Gasteiger partial charge is 0.0780 e.